The molecule has 2 N–H and O–H groups in total. The van der Waals surface area contributed by atoms with Crippen molar-refractivity contribution in [1.82, 2.24) is 20.3 Å². The lowest BCUT2D eigenvalue weighted by atomic mass is 10.4. The number of hydrogen-bond donors (Lipinski definition) is 2. The van der Waals surface area contributed by atoms with E-state index in [1.807, 2.05) is 19.1 Å². The van der Waals surface area contributed by atoms with Crippen LogP contribution in [0.15, 0.2) is 12.1 Å². The Morgan fingerprint density at radius 3 is 3.06 bits per heavy atom. The molecule has 1 fully saturated rings. The second kappa shape index (κ2) is 4.33. The first-order valence-electron chi connectivity index (χ1n) is 6.07. The quantitative estimate of drug-likeness (QED) is 0.822. The van der Waals surface area contributed by atoms with Gasteiger partial charge in [-0.1, -0.05) is 0 Å². The van der Waals surface area contributed by atoms with Crippen molar-refractivity contribution in [1.29, 1.82) is 0 Å². The molecule has 2 aromatic rings. The van der Waals surface area contributed by atoms with Gasteiger partial charge in [0.2, 0.25) is 5.88 Å². The molecule has 0 saturated heterocycles. The zero-order valence-electron chi connectivity index (χ0n) is 9.86. The van der Waals surface area contributed by atoms with Crippen molar-refractivity contribution >= 4 is 11.2 Å². The lowest BCUT2D eigenvalue weighted by molar-refractivity contribution is 0.328. The van der Waals surface area contributed by atoms with Gasteiger partial charge in [0.15, 0.2) is 5.65 Å². The third kappa shape index (κ3) is 2.39. The highest BCUT2D eigenvalue weighted by Gasteiger charge is 2.20. The first-order chi connectivity index (χ1) is 8.35. The lowest BCUT2D eigenvalue weighted by Gasteiger charge is -1.99. The van der Waals surface area contributed by atoms with E-state index in [4.69, 9.17) is 4.74 Å². The summed E-state index contributed by atoms with van der Waals surface area (Å²) >= 11 is 0. The van der Waals surface area contributed by atoms with Crippen molar-refractivity contribution in [2.24, 2.45) is 0 Å². The van der Waals surface area contributed by atoms with E-state index in [0.717, 1.165) is 23.5 Å². The van der Waals surface area contributed by atoms with Gasteiger partial charge in [-0.15, -0.1) is 0 Å². The number of ether oxygens (including phenoxy) is 1. The van der Waals surface area contributed by atoms with Crippen molar-refractivity contribution in [3.05, 3.63) is 18.0 Å². The number of nitrogens with zero attached hydrogens (tertiary/aromatic N) is 2. The zero-order chi connectivity index (χ0) is 11.7. The molecule has 0 aromatic carbocycles. The Labute approximate surface area is 99.6 Å². The van der Waals surface area contributed by atoms with Gasteiger partial charge in [-0.05, 0) is 25.8 Å². The van der Waals surface area contributed by atoms with Gasteiger partial charge in [-0.25, -0.2) is 4.98 Å². The molecule has 2 aromatic heterocycles. The average molecular weight is 232 g/mol. The van der Waals surface area contributed by atoms with E-state index < -0.39 is 0 Å². The van der Waals surface area contributed by atoms with E-state index in [-0.39, 0.29) is 0 Å². The van der Waals surface area contributed by atoms with Gasteiger partial charge >= 0.3 is 0 Å². The van der Waals surface area contributed by atoms with E-state index in [1.54, 1.807) is 0 Å². The third-order valence-electron chi connectivity index (χ3n) is 2.80. The summed E-state index contributed by atoms with van der Waals surface area (Å²) in [4.78, 5) is 12.0. The molecule has 90 valence electrons. The summed E-state index contributed by atoms with van der Waals surface area (Å²) in [6.45, 7) is 3.35. The number of hydrogen-bond acceptors (Lipinski definition) is 4. The Kier molecular flexibility index (Phi) is 2.68. The summed E-state index contributed by atoms with van der Waals surface area (Å²) in [7, 11) is 0. The minimum Gasteiger partial charge on any atom is -0.478 e. The van der Waals surface area contributed by atoms with E-state index in [9.17, 15) is 0 Å². The second-order valence-electron chi connectivity index (χ2n) is 4.29. The van der Waals surface area contributed by atoms with Crippen LogP contribution in [0.4, 0.5) is 0 Å². The number of pyridine rings is 1. The summed E-state index contributed by atoms with van der Waals surface area (Å²) in [5, 5.41) is 3.42. The Morgan fingerprint density at radius 1 is 1.41 bits per heavy atom. The van der Waals surface area contributed by atoms with Gasteiger partial charge in [0.1, 0.15) is 5.82 Å². The summed E-state index contributed by atoms with van der Waals surface area (Å²) in [5.74, 6) is 1.57. The maximum Gasteiger partial charge on any atom is 0.215 e. The molecule has 3 rings (SSSR count). The minimum absolute atomic E-state index is 0.624. The predicted molar refractivity (Wildman–Crippen MR) is 64.9 cm³/mol. The highest BCUT2D eigenvalue weighted by atomic mass is 16.5. The summed E-state index contributed by atoms with van der Waals surface area (Å²) < 4.78 is 5.35. The van der Waals surface area contributed by atoms with Crippen LogP contribution < -0.4 is 10.1 Å². The summed E-state index contributed by atoms with van der Waals surface area (Å²) in [5.41, 5.74) is 1.68. The van der Waals surface area contributed by atoms with Gasteiger partial charge in [0.05, 0.1) is 18.7 Å². The standard InChI is InChI=1S/C12H16N4O/c1-2-17-11-6-5-9-12(16-11)15-10(14-9)7-13-8-3-4-8/h5-6,8,13H,2-4,7H2,1H3,(H,14,15,16). The second-order valence-corrected chi connectivity index (χ2v) is 4.29. The maximum absolute atomic E-state index is 5.35. The fraction of sp³-hybridized carbons (Fsp3) is 0.500. The first-order valence-corrected chi connectivity index (χ1v) is 6.07. The highest BCUT2D eigenvalue weighted by Crippen LogP contribution is 2.19. The molecule has 1 aliphatic carbocycles. The molecule has 1 aliphatic rings. The summed E-state index contributed by atoms with van der Waals surface area (Å²) in [6, 6.07) is 4.51. The largest absolute Gasteiger partial charge is 0.478 e. The van der Waals surface area contributed by atoms with Crippen LogP contribution in [0, 0.1) is 0 Å². The number of H-pyrrole nitrogens is 1. The van der Waals surface area contributed by atoms with Crippen LogP contribution in [0.3, 0.4) is 0 Å². The third-order valence-corrected chi connectivity index (χ3v) is 2.80. The highest BCUT2D eigenvalue weighted by molar-refractivity contribution is 5.71. The fourth-order valence-electron chi connectivity index (χ4n) is 1.77. The molecule has 5 nitrogen and oxygen atoms in total. The van der Waals surface area contributed by atoms with Gasteiger partial charge in [0, 0.05) is 12.1 Å². The van der Waals surface area contributed by atoms with Crippen molar-refractivity contribution in [2.45, 2.75) is 32.4 Å². The number of nitrogens with one attached hydrogen (secondary N) is 2. The van der Waals surface area contributed by atoms with Crippen LogP contribution in [0.25, 0.3) is 11.2 Å². The molecular formula is C12H16N4O. The predicted octanol–water partition coefficient (Wildman–Crippen LogP) is 1.61. The van der Waals surface area contributed by atoms with Gasteiger partial charge in [-0.3, -0.25) is 0 Å². The average Bonchev–Trinajstić information content (AvgIpc) is 3.06. The van der Waals surface area contributed by atoms with Crippen molar-refractivity contribution in [3.8, 4) is 5.88 Å². The van der Waals surface area contributed by atoms with Crippen LogP contribution in [-0.2, 0) is 6.54 Å². The maximum atomic E-state index is 5.35. The molecule has 0 unspecified atom stereocenters. The normalized spacial score (nSPS) is 15.4. The van der Waals surface area contributed by atoms with Crippen molar-refractivity contribution < 1.29 is 4.74 Å². The van der Waals surface area contributed by atoms with E-state index in [1.165, 1.54) is 12.8 Å². The van der Waals surface area contributed by atoms with Crippen LogP contribution in [-0.4, -0.2) is 27.6 Å². The molecule has 5 heteroatoms. The topological polar surface area (TPSA) is 62.8 Å². The molecule has 2 heterocycles. The Bertz CT molecular complexity index is 518. The Balaban J connectivity index is 1.78. The smallest absolute Gasteiger partial charge is 0.215 e. The van der Waals surface area contributed by atoms with E-state index in [0.29, 0.717) is 18.5 Å². The number of fused-ring (bicyclic) bond motifs is 1. The summed E-state index contributed by atoms with van der Waals surface area (Å²) in [6.07, 6.45) is 2.57. The lowest BCUT2D eigenvalue weighted by Crippen LogP contribution is -2.16. The molecule has 0 radical (unpaired) electrons. The Morgan fingerprint density at radius 2 is 2.29 bits per heavy atom. The van der Waals surface area contributed by atoms with Crippen LogP contribution in [0.1, 0.15) is 25.6 Å². The van der Waals surface area contributed by atoms with Gasteiger partial charge in [-0.2, -0.15) is 4.98 Å². The molecular weight excluding hydrogens is 216 g/mol. The van der Waals surface area contributed by atoms with Crippen molar-refractivity contribution in [3.63, 3.8) is 0 Å². The zero-order valence-corrected chi connectivity index (χ0v) is 9.86. The van der Waals surface area contributed by atoms with E-state index in [2.05, 4.69) is 20.3 Å². The molecule has 0 spiro atoms. The minimum atomic E-state index is 0.624. The fourth-order valence-corrected chi connectivity index (χ4v) is 1.77. The number of imidazole rings is 1. The first kappa shape index (κ1) is 10.5. The molecule has 1 saturated carbocycles. The Hall–Kier alpha value is -1.62. The van der Waals surface area contributed by atoms with Crippen LogP contribution in [0.2, 0.25) is 0 Å². The monoisotopic (exact) mass is 232 g/mol. The SMILES string of the molecule is CCOc1ccc2[nH]c(CNC3CC3)nc2n1. The molecule has 0 aliphatic heterocycles. The molecule has 0 atom stereocenters. The number of aromatic amines is 1. The van der Waals surface area contributed by atoms with Gasteiger partial charge in [0.25, 0.3) is 0 Å². The number of rotatable bonds is 5. The number of aromatic nitrogens is 3. The van der Waals surface area contributed by atoms with Gasteiger partial charge < -0.3 is 15.0 Å². The van der Waals surface area contributed by atoms with Crippen molar-refractivity contribution in [2.75, 3.05) is 6.61 Å². The molecule has 0 bridgehead atoms. The molecule has 0 amide bonds. The molecule has 17 heavy (non-hydrogen) atoms. The van der Waals surface area contributed by atoms with E-state index >= 15 is 0 Å². The van der Waals surface area contributed by atoms with Crippen LogP contribution >= 0.6 is 0 Å². The van der Waals surface area contributed by atoms with Crippen LogP contribution in [0.5, 0.6) is 5.88 Å².